The first-order chi connectivity index (χ1) is 16.8. The molecule has 1 aliphatic carbocycles. The smallest absolute Gasteiger partial charge is 0.416 e. The molecule has 2 aromatic rings. The summed E-state index contributed by atoms with van der Waals surface area (Å²) in [6.07, 6.45) is -6.75. The number of carbonyl (C=O) groups is 2. The Hall–Kier alpha value is -3.50. The molecule has 1 N–H and O–H groups in total. The summed E-state index contributed by atoms with van der Waals surface area (Å²) >= 11 is 0. The number of esters is 1. The van der Waals surface area contributed by atoms with Crippen LogP contribution >= 0.6 is 0 Å². The molecular weight excluding hydrogens is 492 g/mol. The van der Waals surface area contributed by atoms with Gasteiger partial charge in [-0.15, -0.1) is 0 Å². The second kappa shape index (κ2) is 10.6. The van der Waals surface area contributed by atoms with Crippen LogP contribution in [-0.2, 0) is 21.9 Å². The minimum Gasteiger partial charge on any atom is -0.497 e. The molecule has 0 aliphatic heterocycles. The summed E-state index contributed by atoms with van der Waals surface area (Å²) in [5.74, 6) is -2.31. The zero-order valence-electron chi connectivity index (χ0n) is 19.2. The second-order valence-electron chi connectivity index (χ2n) is 8.17. The zero-order valence-corrected chi connectivity index (χ0v) is 19.2. The van der Waals surface area contributed by atoms with Crippen LogP contribution < -0.4 is 10.1 Å². The van der Waals surface area contributed by atoms with Gasteiger partial charge in [0.1, 0.15) is 5.75 Å². The predicted octanol–water partition coefficient (Wildman–Crippen LogP) is 5.75. The van der Waals surface area contributed by atoms with E-state index in [1.165, 1.54) is 7.11 Å². The lowest BCUT2D eigenvalue weighted by atomic mass is 9.85. The van der Waals surface area contributed by atoms with E-state index in [4.69, 9.17) is 9.47 Å². The number of amides is 1. The topological polar surface area (TPSA) is 64.6 Å². The minimum absolute atomic E-state index is 0.0413. The molecule has 0 spiro atoms. The number of alkyl halides is 6. The quantitative estimate of drug-likeness (QED) is 0.290. The fourth-order valence-corrected chi connectivity index (χ4v) is 4.04. The summed E-state index contributed by atoms with van der Waals surface area (Å²) in [7, 11) is 1.47. The summed E-state index contributed by atoms with van der Waals surface area (Å²) in [5.41, 5.74) is -3.34. The molecule has 1 amide bonds. The van der Waals surface area contributed by atoms with Crippen LogP contribution in [0.4, 0.5) is 26.3 Å². The molecule has 3 rings (SSSR count). The van der Waals surface area contributed by atoms with Crippen LogP contribution in [0.25, 0.3) is 0 Å². The number of halogens is 6. The Morgan fingerprint density at radius 3 is 2.19 bits per heavy atom. The molecule has 11 heteroatoms. The van der Waals surface area contributed by atoms with Gasteiger partial charge in [0.2, 0.25) is 0 Å². The number of ether oxygens (including phenoxy) is 2. The Balaban J connectivity index is 1.82. The standard InChI is InChI=1S/C25H23F6NO4/c1-3-36-23(34)21(14-5-4-6-20(12-14)35-2)15-7-8-19(11-15)32-22(33)16-9-17(24(26,27)28)13-18(10-16)25(29,30)31/h4-10,12-13,15,19,21H,3,11H2,1-2H3,(H,32,33)/t15-,19+,21-/m1/s1. The van der Waals surface area contributed by atoms with Gasteiger partial charge in [-0.1, -0.05) is 24.3 Å². The average molecular weight is 515 g/mol. The van der Waals surface area contributed by atoms with E-state index in [1.807, 2.05) is 0 Å². The maximum absolute atomic E-state index is 13.1. The molecule has 0 saturated heterocycles. The maximum Gasteiger partial charge on any atom is 0.416 e. The van der Waals surface area contributed by atoms with Crippen molar-refractivity contribution in [3.63, 3.8) is 0 Å². The van der Waals surface area contributed by atoms with E-state index in [1.54, 1.807) is 43.3 Å². The molecule has 1 aliphatic rings. The molecule has 194 valence electrons. The van der Waals surface area contributed by atoms with Crippen molar-refractivity contribution < 1.29 is 45.4 Å². The van der Waals surface area contributed by atoms with Crippen molar-refractivity contribution in [1.29, 1.82) is 0 Å². The van der Waals surface area contributed by atoms with Gasteiger partial charge in [0.05, 0.1) is 30.8 Å². The van der Waals surface area contributed by atoms with Crippen molar-refractivity contribution in [3.8, 4) is 5.75 Å². The molecular formula is C25H23F6NO4. The van der Waals surface area contributed by atoms with Crippen molar-refractivity contribution >= 4 is 11.9 Å². The van der Waals surface area contributed by atoms with Gasteiger partial charge in [-0.05, 0) is 55.2 Å². The number of carbonyl (C=O) groups excluding carboxylic acids is 2. The summed E-state index contributed by atoms with van der Waals surface area (Å²) in [5, 5.41) is 2.45. The minimum atomic E-state index is -5.07. The number of methoxy groups -OCH3 is 1. The highest BCUT2D eigenvalue weighted by Gasteiger charge is 2.38. The zero-order chi connectivity index (χ0) is 26.7. The average Bonchev–Trinajstić information content (AvgIpc) is 3.25. The molecule has 0 saturated carbocycles. The van der Waals surface area contributed by atoms with Gasteiger partial charge >= 0.3 is 18.3 Å². The normalized spacial score (nSPS) is 18.6. The third-order valence-electron chi connectivity index (χ3n) is 5.70. The van der Waals surface area contributed by atoms with Crippen LogP contribution in [0.5, 0.6) is 5.75 Å². The van der Waals surface area contributed by atoms with E-state index < -0.39 is 58.8 Å². The fraction of sp³-hybridized carbons (Fsp3) is 0.360. The lowest BCUT2D eigenvalue weighted by Gasteiger charge is -2.23. The SMILES string of the molecule is CCOC(=O)[C@H](c1cccc(OC)c1)[C@@H]1C=C[C@H](NC(=O)c2cc(C(F)(F)F)cc(C(F)(F)F)c2)C1. The first-order valence-corrected chi connectivity index (χ1v) is 10.9. The number of benzene rings is 2. The van der Waals surface area contributed by atoms with Crippen LogP contribution in [0.1, 0.15) is 46.3 Å². The first-order valence-electron chi connectivity index (χ1n) is 10.9. The van der Waals surface area contributed by atoms with Crippen molar-refractivity contribution in [2.75, 3.05) is 13.7 Å². The molecule has 0 bridgehead atoms. The third-order valence-corrected chi connectivity index (χ3v) is 5.70. The summed E-state index contributed by atoms with van der Waals surface area (Å²) in [6.45, 7) is 1.78. The van der Waals surface area contributed by atoms with E-state index in [-0.39, 0.29) is 19.1 Å². The number of nitrogens with one attached hydrogen (secondary N) is 1. The molecule has 0 radical (unpaired) electrons. The molecule has 0 fully saturated rings. The van der Waals surface area contributed by atoms with E-state index in [0.717, 1.165) is 0 Å². The molecule has 0 aromatic heterocycles. The summed E-state index contributed by atoms with van der Waals surface area (Å²) in [6, 6.07) is 6.76. The van der Waals surface area contributed by atoms with Crippen molar-refractivity contribution in [1.82, 2.24) is 5.32 Å². The maximum atomic E-state index is 13.1. The van der Waals surface area contributed by atoms with Crippen molar-refractivity contribution in [2.24, 2.45) is 5.92 Å². The number of rotatable bonds is 7. The number of hydrogen-bond donors (Lipinski definition) is 1. The molecule has 0 heterocycles. The fourth-order valence-electron chi connectivity index (χ4n) is 4.04. The summed E-state index contributed by atoms with van der Waals surface area (Å²) < 4.78 is 89.2. The van der Waals surface area contributed by atoms with E-state index in [9.17, 15) is 35.9 Å². The second-order valence-corrected chi connectivity index (χ2v) is 8.17. The van der Waals surface area contributed by atoms with Gasteiger partial charge in [0.25, 0.3) is 5.91 Å². The van der Waals surface area contributed by atoms with E-state index in [2.05, 4.69) is 5.32 Å². The van der Waals surface area contributed by atoms with Gasteiger partial charge in [-0.25, -0.2) is 0 Å². The lowest BCUT2D eigenvalue weighted by Crippen LogP contribution is -2.34. The van der Waals surface area contributed by atoms with Crippen molar-refractivity contribution in [2.45, 2.75) is 37.7 Å². The van der Waals surface area contributed by atoms with Crippen LogP contribution in [0.3, 0.4) is 0 Å². The first kappa shape index (κ1) is 27.1. The molecule has 3 atom stereocenters. The summed E-state index contributed by atoms with van der Waals surface area (Å²) in [4.78, 5) is 25.4. The largest absolute Gasteiger partial charge is 0.497 e. The van der Waals surface area contributed by atoms with Crippen LogP contribution in [0.15, 0.2) is 54.6 Å². The Labute approximate surface area is 203 Å². The predicted molar refractivity (Wildman–Crippen MR) is 117 cm³/mol. The van der Waals surface area contributed by atoms with Gasteiger partial charge in [0.15, 0.2) is 0 Å². The Kier molecular flexibility index (Phi) is 8.00. The van der Waals surface area contributed by atoms with Gasteiger partial charge in [-0.2, -0.15) is 26.3 Å². The van der Waals surface area contributed by atoms with Crippen LogP contribution in [0, 0.1) is 5.92 Å². The Morgan fingerprint density at radius 2 is 1.64 bits per heavy atom. The number of allylic oxidation sites excluding steroid dienone is 1. The molecule has 0 unspecified atom stereocenters. The monoisotopic (exact) mass is 515 g/mol. The Morgan fingerprint density at radius 1 is 1.00 bits per heavy atom. The third kappa shape index (κ3) is 6.38. The van der Waals surface area contributed by atoms with Gasteiger partial charge in [-0.3, -0.25) is 9.59 Å². The van der Waals surface area contributed by atoms with Crippen LogP contribution in [-0.4, -0.2) is 31.6 Å². The highest BCUT2D eigenvalue weighted by molar-refractivity contribution is 5.95. The molecule has 2 aromatic carbocycles. The number of hydrogen-bond acceptors (Lipinski definition) is 4. The van der Waals surface area contributed by atoms with Crippen molar-refractivity contribution in [3.05, 3.63) is 76.9 Å². The highest BCUT2D eigenvalue weighted by Crippen LogP contribution is 2.38. The highest BCUT2D eigenvalue weighted by atomic mass is 19.4. The van der Waals surface area contributed by atoms with Gasteiger partial charge in [0, 0.05) is 11.6 Å². The van der Waals surface area contributed by atoms with Gasteiger partial charge < -0.3 is 14.8 Å². The van der Waals surface area contributed by atoms with E-state index in [0.29, 0.717) is 23.4 Å². The molecule has 5 nitrogen and oxygen atoms in total. The molecule has 36 heavy (non-hydrogen) atoms. The van der Waals surface area contributed by atoms with E-state index >= 15 is 0 Å². The lowest BCUT2D eigenvalue weighted by molar-refractivity contribution is -0.146. The van der Waals surface area contributed by atoms with Crippen LogP contribution in [0.2, 0.25) is 0 Å². The Bertz CT molecular complexity index is 1110.